The molecule has 3 aromatic rings. The van der Waals surface area contributed by atoms with Crippen molar-refractivity contribution in [2.24, 2.45) is 12.0 Å². The summed E-state index contributed by atoms with van der Waals surface area (Å²) >= 11 is 6.22. The van der Waals surface area contributed by atoms with E-state index >= 15 is 0 Å². The lowest BCUT2D eigenvalue weighted by Gasteiger charge is -2.19. The largest absolute Gasteiger partial charge is 0.355 e. The van der Waals surface area contributed by atoms with Gasteiger partial charge in [0.2, 0.25) is 0 Å². The van der Waals surface area contributed by atoms with Crippen molar-refractivity contribution in [3.63, 3.8) is 0 Å². The van der Waals surface area contributed by atoms with Gasteiger partial charge in [0.05, 0.1) is 13.1 Å². The predicted molar refractivity (Wildman–Crippen MR) is 136 cm³/mol. The molecule has 31 heavy (non-hydrogen) atoms. The maximum atomic E-state index is 6.22. The molecule has 164 valence electrons. The van der Waals surface area contributed by atoms with Crippen molar-refractivity contribution in [2.45, 2.75) is 38.3 Å². The number of benzene rings is 2. The van der Waals surface area contributed by atoms with Gasteiger partial charge in [-0.2, -0.15) is 0 Å². The van der Waals surface area contributed by atoms with Gasteiger partial charge in [0.25, 0.3) is 0 Å². The normalized spacial score (nSPS) is 14.6. The van der Waals surface area contributed by atoms with E-state index in [1.807, 2.05) is 48.9 Å². The van der Waals surface area contributed by atoms with Crippen LogP contribution < -0.4 is 10.6 Å². The minimum atomic E-state index is 0. The smallest absolute Gasteiger partial charge is 0.192 e. The predicted octanol–water partition coefficient (Wildman–Crippen LogP) is 4.36. The van der Waals surface area contributed by atoms with E-state index in [0.29, 0.717) is 13.1 Å². The molecule has 0 radical (unpaired) electrons. The minimum absolute atomic E-state index is 0. The van der Waals surface area contributed by atoms with Crippen LogP contribution in [0.4, 0.5) is 0 Å². The number of aliphatic imine (C=N–C) groups is 1. The highest BCUT2D eigenvalue weighted by Crippen LogP contribution is 2.48. The molecule has 0 atom stereocenters. The molecule has 1 saturated carbocycles. The fourth-order valence-electron chi connectivity index (χ4n) is 3.49. The van der Waals surface area contributed by atoms with Crippen LogP contribution in [-0.4, -0.2) is 27.3 Å². The van der Waals surface area contributed by atoms with Gasteiger partial charge in [0.15, 0.2) is 11.8 Å². The Kier molecular flexibility index (Phi) is 7.94. The van der Waals surface area contributed by atoms with Crippen LogP contribution in [0.15, 0.2) is 59.6 Å². The number of aromatic nitrogens is 3. The van der Waals surface area contributed by atoms with Crippen LogP contribution >= 0.6 is 35.6 Å². The van der Waals surface area contributed by atoms with Gasteiger partial charge in [0, 0.05) is 24.0 Å². The standard InChI is InChI=1S/C23H27ClN6.HI/c1-17-28-29-21(30(17)2)15-26-22(25-14-18-7-4-3-5-8-18)27-16-23(11-12-23)19-9-6-10-20(24)13-19;/h3-10,13H,11-12,14-16H2,1-2H3,(H2,25,26,27);1H. The zero-order chi connectivity index (χ0) is 21.0. The highest BCUT2D eigenvalue weighted by Gasteiger charge is 2.44. The first kappa shape index (κ1) is 23.5. The first-order valence-electron chi connectivity index (χ1n) is 10.2. The van der Waals surface area contributed by atoms with Crippen LogP contribution in [0.2, 0.25) is 5.02 Å². The van der Waals surface area contributed by atoms with E-state index in [1.165, 1.54) is 11.1 Å². The van der Waals surface area contributed by atoms with Crippen LogP contribution in [0, 0.1) is 6.92 Å². The molecular weight excluding hydrogens is 523 g/mol. The molecule has 8 heteroatoms. The molecule has 0 saturated heterocycles. The zero-order valence-electron chi connectivity index (χ0n) is 17.8. The Morgan fingerprint density at radius 2 is 1.87 bits per heavy atom. The van der Waals surface area contributed by atoms with Gasteiger partial charge < -0.3 is 15.2 Å². The molecule has 1 fully saturated rings. The van der Waals surface area contributed by atoms with Gasteiger partial charge >= 0.3 is 0 Å². The van der Waals surface area contributed by atoms with E-state index in [0.717, 1.165) is 42.0 Å². The van der Waals surface area contributed by atoms with Crippen LogP contribution in [0.25, 0.3) is 0 Å². The monoisotopic (exact) mass is 550 g/mol. The molecule has 0 aliphatic heterocycles. The second-order valence-corrected chi connectivity index (χ2v) is 8.31. The van der Waals surface area contributed by atoms with Crippen molar-refractivity contribution < 1.29 is 0 Å². The number of nitrogens with one attached hydrogen (secondary N) is 2. The molecule has 1 aromatic heterocycles. The summed E-state index contributed by atoms with van der Waals surface area (Å²) in [5.74, 6) is 2.53. The number of guanidine groups is 1. The third-order valence-electron chi connectivity index (χ3n) is 5.74. The third kappa shape index (κ3) is 5.98. The van der Waals surface area contributed by atoms with E-state index in [2.05, 4.69) is 45.1 Å². The topological polar surface area (TPSA) is 67.1 Å². The summed E-state index contributed by atoms with van der Waals surface area (Å²) in [6.45, 7) is 3.92. The molecular formula is C23H28ClIN6. The molecule has 2 aromatic carbocycles. The first-order valence-corrected chi connectivity index (χ1v) is 10.6. The minimum Gasteiger partial charge on any atom is -0.355 e. The Bertz CT molecular complexity index is 1030. The summed E-state index contributed by atoms with van der Waals surface area (Å²) in [5.41, 5.74) is 2.58. The summed E-state index contributed by atoms with van der Waals surface area (Å²) in [7, 11) is 1.97. The van der Waals surface area contributed by atoms with E-state index in [1.54, 1.807) is 0 Å². The average Bonchev–Trinajstić information content (AvgIpc) is 3.49. The van der Waals surface area contributed by atoms with Crippen molar-refractivity contribution in [1.29, 1.82) is 0 Å². The Labute approximate surface area is 205 Å². The Morgan fingerprint density at radius 1 is 1.10 bits per heavy atom. The number of hydrogen-bond acceptors (Lipinski definition) is 3. The Morgan fingerprint density at radius 3 is 2.52 bits per heavy atom. The van der Waals surface area contributed by atoms with E-state index < -0.39 is 0 Å². The maximum absolute atomic E-state index is 6.22. The lowest BCUT2D eigenvalue weighted by molar-refractivity contribution is 0.637. The van der Waals surface area contributed by atoms with E-state index in [-0.39, 0.29) is 29.4 Å². The van der Waals surface area contributed by atoms with E-state index in [9.17, 15) is 0 Å². The lowest BCUT2D eigenvalue weighted by Crippen LogP contribution is -2.41. The summed E-state index contributed by atoms with van der Waals surface area (Å²) in [5, 5.41) is 16.1. The molecule has 0 spiro atoms. The van der Waals surface area contributed by atoms with Crippen LogP contribution in [0.5, 0.6) is 0 Å². The summed E-state index contributed by atoms with van der Waals surface area (Å²) in [4.78, 5) is 4.80. The summed E-state index contributed by atoms with van der Waals surface area (Å²) in [6, 6.07) is 18.4. The quantitative estimate of drug-likeness (QED) is 0.261. The fourth-order valence-corrected chi connectivity index (χ4v) is 3.68. The second kappa shape index (κ2) is 10.5. The fraction of sp³-hybridized carbons (Fsp3) is 0.348. The molecule has 4 rings (SSSR count). The number of rotatable bonds is 7. The second-order valence-electron chi connectivity index (χ2n) is 7.87. The average molecular weight is 551 g/mol. The van der Waals surface area contributed by atoms with Crippen molar-refractivity contribution in [3.05, 3.63) is 82.4 Å². The number of halogens is 2. The molecule has 0 bridgehead atoms. The van der Waals surface area contributed by atoms with Gasteiger partial charge in [-0.25, -0.2) is 4.99 Å². The zero-order valence-corrected chi connectivity index (χ0v) is 20.9. The molecule has 1 aliphatic carbocycles. The van der Waals surface area contributed by atoms with Gasteiger partial charge in [-0.05, 0) is 43.0 Å². The Balaban J connectivity index is 0.00000272. The van der Waals surface area contributed by atoms with Crippen LogP contribution in [0.3, 0.4) is 0 Å². The lowest BCUT2D eigenvalue weighted by atomic mass is 9.96. The van der Waals surface area contributed by atoms with Crippen molar-refractivity contribution in [3.8, 4) is 0 Å². The highest BCUT2D eigenvalue weighted by atomic mass is 127. The maximum Gasteiger partial charge on any atom is 0.192 e. The summed E-state index contributed by atoms with van der Waals surface area (Å²) in [6.07, 6.45) is 2.30. The number of nitrogens with zero attached hydrogens (tertiary/aromatic N) is 4. The summed E-state index contributed by atoms with van der Waals surface area (Å²) < 4.78 is 1.98. The highest BCUT2D eigenvalue weighted by molar-refractivity contribution is 14.0. The SMILES string of the molecule is Cc1nnc(CNC(=NCc2ccccc2)NCC2(c3cccc(Cl)c3)CC2)n1C.I. The van der Waals surface area contributed by atoms with Crippen molar-refractivity contribution >= 4 is 41.5 Å². The van der Waals surface area contributed by atoms with Gasteiger partial charge in [-0.1, -0.05) is 54.1 Å². The van der Waals surface area contributed by atoms with Crippen molar-refractivity contribution in [1.82, 2.24) is 25.4 Å². The first-order chi connectivity index (χ1) is 14.6. The molecule has 6 nitrogen and oxygen atoms in total. The molecule has 2 N–H and O–H groups in total. The van der Waals surface area contributed by atoms with Gasteiger partial charge in [0.1, 0.15) is 5.82 Å². The molecule has 0 unspecified atom stereocenters. The molecule has 1 aliphatic rings. The van der Waals surface area contributed by atoms with Gasteiger partial charge in [-0.15, -0.1) is 34.2 Å². The number of aryl methyl sites for hydroxylation is 1. The van der Waals surface area contributed by atoms with Crippen molar-refractivity contribution in [2.75, 3.05) is 6.54 Å². The van der Waals surface area contributed by atoms with Crippen LogP contribution in [-0.2, 0) is 25.6 Å². The molecule has 0 amide bonds. The van der Waals surface area contributed by atoms with E-state index in [4.69, 9.17) is 16.6 Å². The Hall–Kier alpha value is -2.13. The third-order valence-corrected chi connectivity index (χ3v) is 5.98. The molecule has 1 heterocycles. The van der Waals surface area contributed by atoms with Gasteiger partial charge in [-0.3, -0.25) is 0 Å². The van der Waals surface area contributed by atoms with Crippen LogP contribution in [0.1, 0.15) is 35.6 Å². The number of hydrogen-bond donors (Lipinski definition) is 2.